The molecule has 0 unspecified atom stereocenters. The maximum Gasteiger partial charge on any atom is 1.00 e. The summed E-state index contributed by atoms with van der Waals surface area (Å²) in [6.07, 6.45) is 10.0. The molecule has 12 rings (SSSR count). The van der Waals surface area contributed by atoms with Gasteiger partial charge in [-0.25, -0.2) is 22.9 Å². The molecule has 6 aromatic carbocycles. The van der Waals surface area contributed by atoms with Gasteiger partial charge in [0.05, 0.1) is 71.2 Å². The van der Waals surface area contributed by atoms with Gasteiger partial charge in [0.1, 0.15) is 34.7 Å². The zero-order chi connectivity index (χ0) is 69.6. The van der Waals surface area contributed by atoms with Crippen LogP contribution in [0.5, 0.6) is 17.2 Å². The second kappa shape index (κ2) is 34.8. The number of methoxy groups -OCH3 is 1. The number of fused-ring (bicyclic) bond motifs is 3. The number of nitrogens with zero attached hydrogens (tertiary/aromatic N) is 9. The molecule has 0 aliphatic carbocycles. The molecule has 3 amide bonds. The van der Waals surface area contributed by atoms with Crippen LogP contribution in [0.2, 0.25) is 0 Å². The van der Waals surface area contributed by atoms with Crippen molar-refractivity contribution in [1.29, 1.82) is 0 Å². The summed E-state index contributed by atoms with van der Waals surface area (Å²) in [5, 5.41) is 19.0. The summed E-state index contributed by atoms with van der Waals surface area (Å²) >= 11 is 0. The number of rotatable bonds is 21. The standard InChI is InChI=1S/C26H24FN3O4.2C25H24FN3O3.B.Li.H/c1-4-34-23-11-17(8-9-20(23)16-6-5-7-19(27)10-16)25(31)30(2)15-18-12-29-24(26(32)33-3)22-14-28-13-21(18)22;2*1-3-32-24-10-17(7-8-20(24)16-5-4-6-19(26)9-16)25(31)29(2)14-18-11-28-23(15-30)22-13-27-12-21(18)22;;;/h5-12,14H,4,13,15H2,1-3H3;2*4-11,13,30H,3,12,14-15H2,1-2H3;;;/q;;;;+1;-1. The third-order valence-corrected chi connectivity index (χ3v) is 16.5. The molecule has 0 saturated heterocycles. The van der Waals surface area contributed by atoms with Crippen molar-refractivity contribution in [2.45, 2.75) is 73.3 Å². The molecule has 24 heteroatoms. The molecule has 0 saturated carbocycles. The van der Waals surface area contributed by atoms with Crippen molar-refractivity contribution in [2.75, 3.05) is 48.1 Å². The van der Waals surface area contributed by atoms with Crippen LogP contribution in [0, 0.1) is 17.5 Å². The van der Waals surface area contributed by atoms with Gasteiger partial charge < -0.3 is 45.3 Å². The molecular weight excluding hydrogens is 1270 g/mol. The van der Waals surface area contributed by atoms with E-state index in [1.165, 1.54) is 43.5 Å². The van der Waals surface area contributed by atoms with Crippen LogP contribution in [-0.2, 0) is 57.2 Å². The van der Waals surface area contributed by atoms with Crippen molar-refractivity contribution >= 4 is 50.7 Å². The van der Waals surface area contributed by atoms with Gasteiger partial charge in [-0.2, -0.15) is 0 Å². The summed E-state index contributed by atoms with van der Waals surface area (Å²) in [4.78, 5) is 82.0. The number of benzene rings is 6. The van der Waals surface area contributed by atoms with Crippen LogP contribution in [0.25, 0.3) is 33.4 Å². The molecule has 3 aliphatic rings. The second-order valence-electron chi connectivity index (χ2n) is 22.9. The molecule has 0 fully saturated rings. The monoisotopic (exact) mass is 1350 g/mol. The Morgan fingerprint density at radius 1 is 0.470 bits per heavy atom. The third-order valence-electron chi connectivity index (χ3n) is 16.5. The van der Waals surface area contributed by atoms with Gasteiger partial charge in [0.25, 0.3) is 17.7 Å². The predicted molar refractivity (Wildman–Crippen MR) is 373 cm³/mol. The molecule has 3 radical (unpaired) electrons. The summed E-state index contributed by atoms with van der Waals surface area (Å²) < 4.78 is 63.2. The molecule has 0 bridgehead atoms. The van der Waals surface area contributed by atoms with Crippen LogP contribution >= 0.6 is 0 Å². The van der Waals surface area contributed by atoms with E-state index < -0.39 is 5.97 Å². The summed E-state index contributed by atoms with van der Waals surface area (Å²) in [5.41, 5.74) is 14.7. The first-order valence-corrected chi connectivity index (χ1v) is 31.6. The quantitative estimate of drug-likeness (QED) is 0.0506. The van der Waals surface area contributed by atoms with E-state index in [1.54, 1.807) is 164 Å². The normalized spacial score (nSPS) is 11.7. The first kappa shape index (κ1) is 75.2. The van der Waals surface area contributed by atoms with Gasteiger partial charge in [0.15, 0.2) is 5.69 Å². The minimum Gasteiger partial charge on any atom is -1.00 e. The Labute approximate surface area is 593 Å². The van der Waals surface area contributed by atoms with E-state index in [9.17, 15) is 42.6 Å². The second-order valence-corrected chi connectivity index (χ2v) is 22.9. The number of aliphatic hydroxyl groups excluding tert-OH is 2. The molecule has 0 atom stereocenters. The maximum absolute atomic E-state index is 13.7. The Bertz CT molecular complexity index is 4420. The van der Waals surface area contributed by atoms with E-state index in [0.29, 0.717) is 126 Å². The molecule has 3 aliphatic heterocycles. The molecule has 19 nitrogen and oxygen atoms in total. The fraction of sp³-hybridized carbons (Fsp3) is 0.237. The van der Waals surface area contributed by atoms with Gasteiger partial charge in [-0.15, -0.1) is 0 Å². The first-order chi connectivity index (χ1) is 47.4. The fourth-order valence-corrected chi connectivity index (χ4v) is 11.6. The Kier molecular flexibility index (Phi) is 26.2. The van der Waals surface area contributed by atoms with E-state index in [4.69, 9.17) is 18.9 Å². The molecule has 3 aromatic heterocycles. The molecule has 100 heavy (non-hydrogen) atoms. The maximum atomic E-state index is 13.7. The van der Waals surface area contributed by atoms with Crippen LogP contribution in [0.3, 0.4) is 0 Å². The largest absolute Gasteiger partial charge is 1.00 e. The average molecular weight is 1350 g/mol. The molecule has 6 heterocycles. The van der Waals surface area contributed by atoms with Crippen molar-refractivity contribution < 1.29 is 81.8 Å². The van der Waals surface area contributed by atoms with Gasteiger partial charge in [-0.3, -0.25) is 39.3 Å². The number of hydrogen-bond acceptors (Lipinski definition) is 16. The first-order valence-electron chi connectivity index (χ1n) is 31.6. The number of aliphatic hydroxyl groups is 2. The van der Waals surface area contributed by atoms with Gasteiger partial charge in [-0.1, -0.05) is 36.4 Å². The zero-order valence-electron chi connectivity index (χ0n) is 57.8. The van der Waals surface area contributed by atoms with Gasteiger partial charge in [0.2, 0.25) is 0 Å². The summed E-state index contributed by atoms with van der Waals surface area (Å²) in [6, 6.07) is 34.3. The number of ether oxygens (including phenoxy) is 4. The van der Waals surface area contributed by atoms with Crippen molar-refractivity contribution in [1.82, 2.24) is 29.7 Å². The van der Waals surface area contributed by atoms with E-state index in [0.717, 1.165) is 55.6 Å². The van der Waals surface area contributed by atoms with Crippen molar-refractivity contribution in [3.05, 3.63) is 247 Å². The average Bonchev–Trinajstić information content (AvgIpc) is 1.73. The number of aliphatic imine (C=N–C) groups is 3. The number of carbonyl (C=O) groups is 4. The summed E-state index contributed by atoms with van der Waals surface area (Å²) in [7, 11) is 6.45. The molecule has 2 N–H and O–H groups in total. The van der Waals surface area contributed by atoms with E-state index in [-0.39, 0.29) is 89.3 Å². The molecular formula is C76H73BF3LiN9O10. The van der Waals surface area contributed by atoms with E-state index in [1.807, 2.05) is 20.8 Å². The van der Waals surface area contributed by atoms with E-state index in [2.05, 4.69) is 29.9 Å². The number of amides is 3. The van der Waals surface area contributed by atoms with Crippen LogP contribution in [0.15, 0.2) is 161 Å². The summed E-state index contributed by atoms with van der Waals surface area (Å²) in [6.45, 7) is 8.96. The molecule has 0 spiro atoms. The third kappa shape index (κ3) is 17.3. The Balaban J connectivity index is 0.000000210. The minimum atomic E-state index is -0.526. The van der Waals surface area contributed by atoms with Crippen molar-refractivity contribution in [3.63, 3.8) is 0 Å². The predicted octanol–water partition coefficient (Wildman–Crippen LogP) is 8.98. The fourth-order valence-electron chi connectivity index (χ4n) is 11.6. The number of halogens is 3. The van der Waals surface area contributed by atoms with E-state index >= 15 is 0 Å². The van der Waals surface area contributed by atoms with Gasteiger partial charge >= 0.3 is 24.8 Å². The number of pyridine rings is 3. The van der Waals surface area contributed by atoms with Gasteiger partial charge in [-0.05, 0) is 162 Å². The summed E-state index contributed by atoms with van der Waals surface area (Å²) in [5.74, 6) is -0.523. The number of hydrogen-bond donors (Lipinski definition) is 2. The van der Waals surface area contributed by atoms with Crippen molar-refractivity contribution in [3.8, 4) is 50.6 Å². The van der Waals surface area contributed by atoms with Crippen LogP contribution in [-0.4, -0.2) is 139 Å². The van der Waals surface area contributed by atoms with Crippen LogP contribution in [0.1, 0.15) is 125 Å². The Hall–Kier alpha value is -10.6. The molecule has 507 valence electrons. The minimum absolute atomic E-state index is 0. The van der Waals surface area contributed by atoms with Gasteiger partial charge in [0, 0.05) is 136 Å². The smallest absolute Gasteiger partial charge is 1.00 e. The number of aromatic nitrogens is 3. The van der Waals surface area contributed by atoms with Crippen molar-refractivity contribution in [2.24, 2.45) is 15.0 Å². The molecule has 9 aromatic rings. The Morgan fingerprint density at radius 2 is 0.790 bits per heavy atom. The number of carbonyl (C=O) groups excluding carboxylic acids is 4. The Morgan fingerprint density at radius 3 is 1.10 bits per heavy atom. The SMILES string of the molecule is CCOc1cc(C(=O)N(C)Cc2cnc(C(=O)OC)c3c2CN=C3)ccc1-c1cccc(F)c1.CCOc1cc(C(=O)N(C)Cc2cnc(CO)c3c2CN=C3)ccc1-c1cccc(F)c1.CCOc1cc(C(=O)N(C)Cc2cnc(CO)c3c2CN=C3)ccc1-c1cccc(F)c1.[B].[H-].[Li+]. The zero-order valence-corrected chi connectivity index (χ0v) is 56.8. The number of esters is 1. The van der Waals surface area contributed by atoms with Crippen LogP contribution < -0.4 is 33.1 Å². The topological polar surface area (TPSA) is 231 Å². The van der Waals surface area contributed by atoms with Crippen LogP contribution in [0.4, 0.5) is 13.2 Å².